The molecule has 0 unspecified atom stereocenters. The van der Waals surface area contributed by atoms with Crippen molar-refractivity contribution < 1.29 is 9.53 Å². The Hall–Kier alpha value is -1.92. The summed E-state index contributed by atoms with van der Waals surface area (Å²) in [4.78, 5) is 15.0. The van der Waals surface area contributed by atoms with Crippen LogP contribution in [0.25, 0.3) is 11.0 Å². The van der Waals surface area contributed by atoms with E-state index in [1.807, 2.05) is 31.3 Å². The Labute approximate surface area is 111 Å². The van der Waals surface area contributed by atoms with Gasteiger partial charge in [-0.15, -0.1) is 0 Å². The first-order valence-electron chi connectivity index (χ1n) is 6.15. The highest BCUT2D eigenvalue weighted by Gasteiger charge is 2.05. The van der Waals surface area contributed by atoms with E-state index in [0.717, 1.165) is 16.9 Å². The molecule has 1 aromatic heterocycles. The van der Waals surface area contributed by atoms with E-state index in [9.17, 15) is 4.79 Å². The van der Waals surface area contributed by atoms with Crippen molar-refractivity contribution in [3.05, 3.63) is 30.1 Å². The van der Waals surface area contributed by atoms with Gasteiger partial charge < -0.3 is 20.4 Å². The van der Waals surface area contributed by atoms with E-state index in [1.165, 1.54) is 0 Å². The highest BCUT2D eigenvalue weighted by Crippen LogP contribution is 2.13. The minimum absolute atomic E-state index is 0.0338. The third-order valence-electron chi connectivity index (χ3n) is 2.83. The van der Waals surface area contributed by atoms with Gasteiger partial charge >= 0.3 is 0 Å². The Kier molecular flexibility index (Phi) is 4.48. The van der Waals surface area contributed by atoms with Crippen molar-refractivity contribution in [3.63, 3.8) is 0 Å². The third kappa shape index (κ3) is 3.52. The van der Waals surface area contributed by atoms with Gasteiger partial charge in [0.2, 0.25) is 5.91 Å². The summed E-state index contributed by atoms with van der Waals surface area (Å²) < 4.78 is 7.12. The minimum Gasteiger partial charge on any atom is -0.370 e. The topological polar surface area (TPSA) is 82.2 Å². The van der Waals surface area contributed by atoms with Crippen molar-refractivity contribution in [2.24, 2.45) is 12.8 Å². The van der Waals surface area contributed by atoms with Crippen LogP contribution in [0.5, 0.6) is 0 Å². The first-order valence-corrected chi connectivity index (χ1v) is 6.15. The lowest BCUT2D eigenvalue weighted by Crippen LogP contribution is -2.24. The van der Waals surface area contributed by atoms with Crippen molar-refractivity contribution in [3.8, 4) is 0 Å². The number of carbonyl (C=O) groups is 1. The number of rotatable bonds is 7. The van der Waals surface area contributed by atoms with Crippen LogP contribution in [0.2, 0.25) is 0 Å². The van der Waals surface area contributed by atoms with Crippen LogP contribution in [0.1, 0.15) is 5.82 Å². The van der Waals surface area contributed by atoms with Crippen LogP contribution in [0.3, 0.4) is 0 Å². The summed E-state index contributed by atoms with van der Waals surface area (Å²) in [6, 6.07) is 8.01. The second kappa shape index (κ2) is 6.31. The Morgan fingerprint density at radius 1 is 1.47 bits per heavy atom. The number of hydrogen-bond acceptors (Lipinski definition) is 4. The zero-order valence-corrected chi connectivity index (χ0v) is 10.9. The molecule has 0 saturated heterocycles. The maximum absolute atomic E-state index is 10.5. The first-order chi connectivity index (χ1) is 9.18. The maximum atomic E-state index is 10.5. The molecule has 2 rings (SSSR count). The summed E-state index contributed by atoms with van der Waals surface area (Å²) in [5.41, 5.74) is 7.07. The molecule has 3 N–H and O–H groups in total. The molecule has 0 atom stereocenters. The Morgan fingerprint density at radius 3 is 3.00 bits per heavy atom. The fraction of sp³-hybridized carbons (Fsp3) is 0.385. The quantitative estimate of drug-likeness (QED) is 0.697. The molecule has 1 aromatic carbocycles. The summed E-state index contributed by atoms with van der Waals surface area (Å²) >= 11 is 0. The predicted molar refractivity (Wildman–Crippen MR) is 72.4 cm³/mol. The van der Waals surface area contributed by atoms with Crippen LogP contribution < -0.4 is 11.1 Å². The summed E-state index contributed by atoms with van der Waals surface area (Å²) in [6.45, 7) is 1.72. The predicted octanol–water partition coefficient (Wildman–Crippen LogP) is 0.165. The molecular weight excluding hydrogens is 244 g/mol. The number of hydrogen-bond donors (Lipinski definition) is 2. The number of ether oxygens (including phenoxy) is 1. The summed E-state index contributed by atoms with van der Waals surface area (Å²) in [7, 11) is 2.00. The van der Waals surface area contributed by atoms with Gasteiger partial charge in [0.1, 0.15) is 12.4 Å². The van der Waals surface area contributed by atoms with Crippen LogP contribution in [0.4, 0.5) is 0 Å². The molecule has 6 heteroatoms. The monoisotopic (exact) mass is 262 g/mol. The largest absolute Gasteiger partial charge is 0.370 e. The second-order valence-electron chi connectivity index (χ2n) is 4.27. The number of nitrogens with two attached hydrogens (primary N) is 1. The van der Waals surface area contributed by atoms with Crippen molar-refractivity contribution in [1.82, 2.24) is 14.9 Å². The van der Waals surface area contributed by atoms with E-state index in [1.54, 1.807) is 0 Å². The molecule has 0 bridgehead atoms. The van der Waals surface area contributed by atoms with Crippen LogP contribution in [-0.4, -0.2) is 35.2 Å². The standard InChI is InChI=1S/C13H18N4O2/c1-17-11-5-3-2-4-10(11)16-13(17)8-15-6-7-19-9-12(14)18/h2-5,15H,6-9H2,1H3,(H2,14,18). The van der Waals surface area contributed by atoms with Crippen molar-refractivity contribution >= 4 is 16.9 Å². The molecular formula is C13H18N4O2. The van der Waals surface area contributed by atoms with Crippen molar-refractivity contribution in [2.75, 3.05) is 19.8 Å². The number of para-hydroxylation sites is 2. The number of primary amides is 1. The van der Waals surface area contributed by atoms with Gasteiger partial charge in [0.15, 0.2) is 0 Å². The lowest BCUT2D eigenvalue weighted by molar-refractivity contribution is -0.122. The molecule has 19 heavy (non-hydrogen) atoms. The van der Waals surface area contributed by atoms with E-state index >= 15 is 0 Å². The summed E-state index contributed by atoms with van der Waals surface area (Å²) in [5, 5.41) is 3.22. The molecule has 0 fully saturated rings. The normalized spacial score (nSPS) is 11.0. The molecule has 0 aliphatic carbocycles. The Balaban J connectivity index is 1.82. The summed E-state index contributed by atoms with van der Waals surface area (Å²) in [6.07, 6.45) is 0. The van der Waals surface area contributed by atoms with Crippen molar-refractivity contribution in [1.29, 1.82) is 0 Å². The lowest BCUT2D eigenvalue weighted by atomic mass is 10.3. The first kappa shape index (κ1) is 13.5. The Bertz CT molecular complexity index is 565. The molecule has 1 heterocycles. The fourth-order valence-electron chi connectivity index (χ4n) is 1.87. The van der Waals surface area contributed by atoms with Gasteiger partial charge in [0, 0.05) is 13.6 Å². The van der Waals surface area contributed by atoms with E-state index in [4.69, 9.17) is 10.5 Å². The lowest BCUT2D eigenvalue weighted by Gasteiger charge is -2.05. The zero-order chi connectivity index (χ0) is 13.7. The molecule has 1 amide bonds. The molecule has 6 nitrogen and oxygen atoms in total. The minimum atomic E-state index is -0.449. The van der Waals surface area contributed by atoms with E-state index in [2.05, 4.69) is 14.9 Å². The number of benzene rings is 1. The third-order valence-corrected chi connectivity index (χ3v) is 2.83. The smallest absolute Gasteiger partial charge is 0.243 e. The highest BCUT2D eigenvalue weighted by molar-refractivity contribution is 5.75. The second-order valence-corrected chi connectivity index (χ2v) is 4.27. The Morgan fingerprint density at radius 2 is 2.26 bits per heavy atom. The number of carbonyl (C=O) groups excluding carboxylic acids is 1. The average Bonchev–Trinajstić information content (AvgIpc) is 2.71. The number of fused-ring (bicyclic) bond motifs is 1. The number of aromatic nitrogens is 2. The molecule has 0 saturated carbocycles. The average molecular weight is 262 g/mol. The van der Waals surface area contributed by atoms with Crippen LogP contribution in [-0.2, 0) is 23.1 Å². The van der Waals surface area contributed by atoms with E-state index in [0.29, 0.717) is 19.7 Å². The SMILES string of the molecule is Cn1c(CNCCOCC(N)=O)nc2ccccc21. The van der Waals surface area contributed by atoms with Gasteiger partial charge in [0.05, 0.1) is 24.2 Å². The maximum Gasteiger partial charge on any atom is 0.243 e. The zero-order valence-electron chi connectivity index (χ0n) is 10.9. The number of imidazole rings is 1. The molecule has 0 radical (unpaired) electrons. The summed E-state index contributed by atoms with van der Waals surface area (Å²) in [5.74, 6) is 0.520. The van der Waals surface area contributed by atoms with Crippen LogP contribution in [0, 0.1) is 0 Å². The van der Waals surface area contributed by atoms with Crippen LogP contribution >= 0.6 is 0 Å². The van der Waals surface area contributed by atoms with Gasteiger partial charge in [-0.05, 0) is 12.1 Å². The molecule has 102 valence electrons. The molecule has 0 aliphatic heterocycles. The van der Waals surface area contributed by atoms with E-state index in [-0.39, 0.29) is 6.61 Å². The van der Waals surface area contributed by atoms with Crippen molar-refractivity contribution in [2.45, 2.75) is 6.54 Å². The molecule has 0 spiro atoms. The number of nitrogens with zero attached hydrogens (tertiary/aromatic N) is 2. The number of aryl methyl sites for hydroxylation is 1. The number of amides is 1. The highest BCUT2D eigenvalue weighted by atomic mass is 16.5. The van der Waals surface area contributed by atoms with Gasteiger partial charge in [-0.2, -0.15) is 0 Å². The van der Waals surface area contributed by atoms with Gasteiger partial charge in [-0.1, -0.05) is 12.1 Å². The molecule has 0 aliphatic rings. The molecule has 2 aromatic rings. The van der Waals surface area contributed by atoms with E-state index < -0.39 is 5.91 Å². The number of nitrogens with one attached hydrogen (secondary N) is 1. The van der Waals surface area contributed by atoms with Crippen LogP contribution in [0.15, 0.2) is 24.3 Å². The van der Waals surface area contributed by atoms with Gasteiger partial charge in [-0.25, -0.2) is 4.98 Å². The van der Waals surface area contributed by atoms with Gasteiger partial charge in [-0.3, -0.25) is 4.79 Å². The van der Waals surface area contributed by atoms with Gasteiger partial charge in [0.25, 0.3) is 0 Å². The fourth-order valence-corrected chi connectivity index (χ4v) is 1.87.